The van der Waals surface area contributed by atoms with Gasteiger partial charge in [0.05, 0.1) is 6.04 Å². The van der Waals surface area contributed by atoms with Crippen LogP contribution in [0.25, 0.3) is 0 Å². The van der Waals surface area contributed by atoms with Crippen LogP contribution in [0, 0.1) is 5.92 Å². The Balaban J connectivity index is 3.42. The summed E-state index contributed by atoms with van der Waals surface area (Å²) in [6.07, 6.45) is 1.85. The summed E-state index contributed by atoms with van der Waals surface area (Å²) in [4.78, 5) is 10.2. The maximum atomic E-state index is 10.2. The van der Waals surface area contributed by atoms with E-state index in [-0.39, 0.29) is 6.04 Å². The minimum atomic E-state index is 0.00926. The summed E-state index contributed by atoms with van der Waals surface area (Å²) < 4.78 is 0. The predicted octanol–water partition coefficient (Wildman–Crippen LogP) is 0.980. The number of hydrogen-bond donors (Lipinski definition) is 1. The van der Waals surface area contributed by atoms with Crippen molar-refractivity contribution in [1.82, 2.24) is 5.09 Å². The minimum absolute atomic E-state index is 0.00926. The zero-order chi connectivity index (χ0) is 7.28. The zero-order valence-corrected chi connectivity index (χ0v) is 7.08. The van der Waals surface area contributed by atoms with Crippen molar-refractivity contribution < 1.29 is 4.79 Å². The largest absolute Gasteiger partial charge is 0.302 e. The van der Waals surface area contributed by atoms with E-state index in [0.29, 0.717) is 5.92 Å². The summed E-state index contributed by atoms with van der Waals surface area (Å²) in [7, 11) is 2.35. The summed E-state index contributed by atoms with van der Waals surface area (Å²) in [6, 6.07) is 0.00926. The van der Waals surface area contributed by atoms with Crippen molar-refractivity contribution in [3.8, 4) is 0 Å². The highest BCUT2D eigenvalue weighted by Gasteiger charge is 2.04. The zero-order valence-electron chi connectivity index (χ0n) is 5.92. The summed E-state index contributed by atoms with van der Waals surface area (Å²) in [5.41, 5.74) is 0. The van der Waals surface area contributed by atoms with Gasteiger partial charge in [-0.25, -0.2) is 0 Å². The predicted molar refractivity (Wildman–Crippen MR) is 42.2 cm³/mol. The van der Waals surface area contributed by atoms with Crippen molar-refractivity contribution in [3.63, 3.8) is 0 Å². The van der Waals surface area contributed by atoms with E-state index in [1.807, 2.05) is 0 Å². The monoisotopic (exact) mass is 147 g/mol. The normalized spacial score (nSPS) is 13.8. The van der Waals surface area contributed by atoms with Gasteiger partial charge in [-0.2, -0.15) is 0 Å². The van der Waals surface area contributed by atoms with Gasteiger partial charge < -0.3 is 4.79 Å². The molecule has 2 nitrogen and oxygen atoms in total. The van der Waals surface area contributed by atoms with Crippen LogP contribution >= 0.6 is 9.39 Å². The van der Waals surface area contributed by atoms with Gasteiger partial charge in [-0.3, -0.25) is 5.09 Å². The van der Waals surface area contributed by atoms with Crippen LogP contribution < -0.4 is 5.09 Å². The second-order valence-corrected chi connectivity index (χ2v) is 2.87. The number of carbonyl (C=O) groups excluding carboxylic acids is 1. The minimum Gasteiger partial charge on any atom is -0.302 e. The van der Waals surface area contributed by atoms with Crippen molar-refractivity contribution in [3.05, 3.63) is 0 Å². The lowest BCUT2D eigenvalue weighted by molar-refractivity contribution is -0.109. The molecule has 0 saturated carbocycles. The second kappa shape index (κ2) is 4.89. The number of rotatable bonds is 4. The van der Waals surface area contributed by atoms with Crippen molar-refractivity contribution in [2.45, 2.75) is 26.3 Å². The molecule has 3 heteroatoms. The Hall–Kier alpha value is 0.0600. The molecule has 0 amide bonds. The SMILES string of the molecule is CC(C)C[C@@H](C=O)NP. The van der Waals surface area contributed by atoms with Gasteiger partial charge in [0.2, 0.25) is 0 Å². The van der Waals surface area contributed by atoms with Crippen molar-refractivity contribution in [2.75, 3.05) is 0 Å². The Morgan fingerprint density at radius 2 is 2.22 bits per heavy atom. The van der Waals surface area contributed by atoms with Gasteiger partial charge in [-0.05, 0) is 12.3 Å². The fourth-order valence-corrected chi connectivity index (χ4v) is 0.885. The molecule has 0 aromatic rings. The highest BCUT2D eigenvalue weighted by Crippen LogP contribution is 2.02. The molecule has 0 saturated heterocycles. The quantitative estimate of drug-likeness (QED) is 0.474. The second-order valence-electron chi connectivity index (χ2n) is 2.54. The van der Waals surface area contributed by atoms with Crippen molar-refractivity contribution in [2.24, 2.45) is 5.92 Å². The van der Waals surface area contributed by atoms with E-state index >= 15 is 0 Å². The molecule has 0 radical (unpaired) electrons. The Labute approximate surface area is 58.7 Å². The number of aldehydes is 1. The molecule has 0 aliphatic carbocycles. The van der Waals surface area contributed by atoms with Crippen LogP contribution in [0.1, 0.15) is 20.3 Å². The fourth-order valence-electron chi connectivity index (χ4n) is 0.671. The average molecular weight is 147 g/mol. The Morgan fingerprint density at radius 3 is 2.33 bits per heavy atom. The third kappa shape index (κ3) is 4.56. The first kappa shape index (κ1) is 9.06. The van der Waals surface area contributed by atoms with Gasteiger partial charge >= 0.3 is 0 Å². The van der Waals surface area contributed by atoms with Crippen LogP contribution in [-0.4, -0.2) is 12.3 Å². The van der Waals surface area contributed by atoms with Gasteiger partial charge in [0, 0.05) is 0 Å². The maximum absolute atomic E-state index is 10.2. The van der Waals surface area contributed by atoms with Gasteiger partial charge in [0.25, 0.3) is 0 Å². The van der Waals surface area contributed by atoms with E-state index in [4.69, 9.17) is 0 Å². The smallest absolute Gasteiger partial charge is 0.137 e. The molecule has 0 aliphatic heterocycles. The van der Waals surface area contributed by atoms with E-state index in [1.54, 1.807) is 0 Å². The third-order valence-electron chi connectivity index (χ3n) is 1.10. The summed E-state index contributed by atoms with van der Waals surface area (Å²) in [6.45, 7) is 4.19. The molecule has 0 bridgehead atoms. The van der Waals surface area contributed by atoms with Crippen LogP contribution in [0.3, 0.4) is 0 Å². The molecule has 1 unspecified atom stereocenters. The molecule has 0 rings (SSSR count). The molecule has 0 heterocycles. The van der Waals surface area contributed by atoms with Gasteiger partial charge in [0.1, 0.15) is 6.29 Å². The summed E-state index contributed by atoms with van der Waals surface area (Å²) in [5, 5.41) is 2.83. The van der Waals surface area contributed by atoms with Crippen molar-refractivity contribution in [1.29, 1.82) is 0 Å². The lowest BCUT2D eigenvalue weighted by Gasteiger charge is -2.09. The molecule has 0 aliphatic rings. The van der Waals surface area contributed by atoms with Crippen LogP contribution in [0.5, 0.6) is 0 Å². The van der Waals surface area contributed by atoms with E-state index < -0.39 is 0 Å². The average Bonchev–Trinajstić information content (AvgIpc) is 1.82. The first-order chi connectivity index (χ1) is 4.20. The van der Waals surface area contributed by atoms with Crippen molar-refractivity contribution >= 4 is 15.7 Å². The van der Waals surface area contributed by atoms with Crippen LogP contribution in [0.2, 0.25) is 0 Å². The molecular formula is C6H14NOP. The molecule has 1 N–H and O–H groups in total. The first-order valence-electron chi connectivity index (χ1n) is 3.12. The van der Waals surface area contributed by atoms with Gasteiger partial charge in [-0.1, -0.05) is 23.2 Å². The lowest BCUT2D eigenvalue weighted by atomic mass is 10.1. The molecular weight excluding hydrogens is 133 g/mol. The summed E-state index contributed by atoms with van der Waals surface area (Å²) in [5.74, 6) is 0.577. The Bertz CT molecular complexity index is 85.1. The highest BCUT2D eigenvalue weighted by atomic mass is 31.0. The van der Waals surface area contributed by atoms with E-state index in [1.165, 1.54) is 0 Å². The fraction of sp³-hybridized carbons (Fsp3) is 0.833. The van der Waals surface area contributed by atoms with Gasteiger partial charge in [0.15, 0.2) is 0 Å². The van der Waals surface area contributed by atoms with Crippen LogP contribution in [0.15, 0.2) is 0 Å². The maximum Gasteiger partial charge on any atom is 0.137 e. The van der Waals surface area contributed by atoms with Gasteiger partial charge in [-0.15, -0.1) is 0 Å². The molecule has 2 atom stereocenters. The molecule has 0 fully saturated rings. The van der Waals surface area contributed by atoms with E-state index in [0.717, 1.165) is 12.7 Å². The summed E-state index contributed by atoms with van der Waals surface area (Å²) >= 11 is 0. The number of nitrogens with one attached hydrogen (secondary N) is 1. The van der Waals surface area contributed by atoms with E-state index in [9.17, 15) is 4.79 Å². The Morgan fingerprint density at radius 1 is 1.67 bits per heavy atom. The topological polar surface area (TPSA) is 29.1 Å². The standard InChI is InChI=1S/C6H14NOP/c1-5(2)3-6(4-8)7-9/h4-7H,3,9H2,1-2H3/t6-/m0/s1. The first-order valence-corrected chi connectivity index (χ1v) is 3.69. The Kier molecular flexibility index (Phi) is 4.93. The third-order valence-corrected chi connectivity index (χ3v) is 1.53. The molecule has 54 valence electrons. The molecule has 0 spiro atoms. The number of hydrogen-bond acceptors (Lipinski definition) is 2. The van der Waals surface area contributed by atoms with Crippen LogP contribution in [-0.2, 0) is 4.79 Å². The number of carbonyl (C=O) groups is 1. The van der Waals surface area contributed by atoms with Crippen LogP contribution in [0.4, 0.5) is 0 Å². The molecule has 0 aromatic carbocycles. The molecule has 9 heavy (non-hydrogen) atoms. The van der Waals surface area contributed by atoms with E-state index in [2.05, 4.69) is 28.3 Å². The lowest BCUT2D eigenvalue weighted by Crippen LogP contribution is -2.23. The highest BCUT2D eigenvalue weighted by molar-refractivity contribution is 7.13. The molecule has 0 aromatic heterocycles.